The van der Waals surface area contributed by atoms with Crippen LogP contribution in [-0.2, 0) is 6.42 Å². The van der Waals surface area contributed by atoms with Crippen LogP contribution in [0.3, 0.4) is 0 Å². The summed E-state index contributed by atoms with van der Waals surface area (Å²) in [5.41, 5.74) is 5.97. The van der Waals surface area contributed by atoms with Crippen LogP contribution in [0.1, 0.15) is 25.0 Å². The van der Waals surface area contributed by atoms with Crippen molar-refractivity contribution in [3.05, 3.63) is 81.9 Å². The Balaban J connectivity index is 1.27. The first-order valence-corrected chi connectivity index (χ1v) is 13.0. The van der Waals surface area contributed by atoms with E-state index in [1.165, 1.54) is 22.4 Å². The zero-order valence-corrected chi connectivity index (χ0v) is 21.8. The molecule has 1 saturated heterocycles. The van der Waals surface area contributed by atoms with E-state index >= 15 is 0 Å². The first-order valence-electron chi connectivity index (χ1n) is 12.6. The second kappa shape index (κ2) is 9.90. The molecule has 7 nitrogen and oxygen atoms in total. The van der Waals surface area contributed by atoms with Gasteiger partial charge in [0, 0.05) is 43.5 Å². The number of fused-ring (bicyclic) bond motifs is 1. The molecule has 0 unspecified atom stereocenters. The summed E-state index contributed by atoms with van der Waals surface area (Å²) in [5.74, 6) is 2.80. The molecule has 1 N–H and O–H groups in total. The number of aromatic nitrogens is 2. The Morgan fingerprint density at radius 3 is 2.43 bits per heavy atom. The molecule has 1 fully saturated rings. The number of ether oxygens (including phenoxy) is 1. The number of nitrogens with one attached hydrogen (secondary N) is 1. The van der Waals surface area contributed by atoms with Gasteiger partial charge >= 0.3 is 6.01 Å². The molecule has 2 aromatic carbocycles. The summed E-state index contributed by atoms with van der Waals surface area (Å²) in [7, 11) is 0. The fourth-order valence-corrected chi connectivity index (χ4v) is 5.23. The van der Waals surface area contributed by atoms with Gasteiger partial charge in [-0.25, -0.2) is 0 Å². The Kier molecular flexibility index (Phi) is 6.30. The maximum atomic E-state index is 6.74. The molecule has 0 amide bonds. The van der Waals surface area contributed by atoms with Crippen molar-refractivity contribution in [3.8, 4) is 11.8 Å². The van der Waals surface area contributed by atoms with Crippen molar-refractivity contribution >= 4 is 40.8 Å². The van der Waals surface area contributed by atoms with Crippen molar-refractivity contribution in [2.45, 2.75) is 20.3 Å². The summed E-state index contributed by atoms with van der Waals surface area (Å²) in [6.45, 7) is 8.37. The van der Waals surface area contributed by atoms with E-state index in [1.54, 1.807) is 0 Å². The number of halogens is 1. The SMILES string of the molecule is CC1=CC(Nc2cc(N3CCN(c4ccccc4)CC3)nc(Oc3ccc4c(c3Cl)C=C(C)C4)n2)=NC1. The molecule has 0 radical (unpaired) electrons. The Morgan fingerprint density at radius 1 is 0.892 bits per heavy atom. The molecule has 188 valence electrons. The molecular formula is C29H29ClN6O. The van der Waals surface area contributed by atoms with Crippen LogP contribution in [0.15, 0.2) is 70.7 Å². The number of anilines is 3. The van der Waals surface area contributed by atoms with Crippen LogP contribution in [0.25, 0.3) is 6.08 Å². The van der Waals surface area contributed by atoms with Crippen LogP contribution in [0, 0.1) is 0 Å². The highest BCUT2D eigenvalue weighted by atomic mass is 35.5. The lowest BCUT2D eigenvalue weighted by Crippen LogP contribution is -2.46. The molecular weight excluding hydrogens is 484 g/mol. The van der Waals surface area contributed by atoms with Gasteiger partial charge in [-0.2, -0.15) is 9.97 Å². The minimum absolute atomic E-state index is 0.255. The van der Waals surface area contributed by atoms with Crippen LogP contribution >= 0.6 is 11.6 Å². The van der Waals surface area contributed by atoms with Gasteiger partial charge in [0.1, 0.15) is 23.2 Å². The largest absolute Gasteiger partial charge is 0.423 e. The molecule has 0 atom stereocenters. The zero-order chi connectivity index (χ0) is 25.4. The maximum Gasteiger partial charge on any atom is 0.325 e. The Morgan fingerprint density at radius 2 is 1.68 bits per heavy atom. The number of para-hydroxylation sites is 1. The fraction of sp³-hybridized carbons (Fsp3) is 0.276. The summed E-state index contributed by atoms with van der Waals surface area (Å²) >= 11 is 6.74. The summed E-state index contributed by atoms with van der Waals surface area (Å²) in [4.78, 5) is 18.7. The van der Waals surface area contributed by atoms with E-state index in [1.807, 2.05) is 24.3 Å². The topological polar surface area (TPSA) is 65.9 Å². The van der Waals surface area contributed by atoms with E-state index in [0.29, 0.717) is 23.1 Å². The van der Waals surface area contributed by atoms with E-state index in [4.69, 9.17) is 21.3 Å². The standard InChI is InChI=1S/C29H29ClN6O/c1-19-14-21-8-9-24(28(30)23(21)15-19)37-29-33-26(32-25-16-20(2)18-31-25)17-27(34-29)36-12-10-35(11-13-36)22-6-4-3-5-7-22/h3-9,15-17H,10-14,18H2,1-2H3,(H,31,32,33,34). The summed E-state index contributed by atoms with van der Waals surface area (Å²) in [6, 6.07) is 16.7. The highest BCUT2D eigenvalue weighted by Crippen LogP contribution is 2.39. The van der Waals surface area contributed by atoms with Gasteiger partial charge in [0.25, 0.3) is 0 Å². The lowest BCUT2D eigenvalue weighted by Gasteiger charge is -2.36. The van der Waals surface area contributed by atoms with Crippen molar-refractivity contribution in [2.24, 2.45) is 4.99 Å². The van der Waals surface area contributed by atoms with Gasteiger partial charge in [-0.15, -0.1) is 0 Å². The third-order valence-corrected chi connectivity index (χ3v) is 7.24. The Labute approximate surface area is 222 Å². The summed E-state index contributed by atoms with van der Waals surface area (Å²) in [5, 5.41) is 3.93. The van der Waals surface area contributed by atoms with Crippen molar-refractivity contribution in [1.82, 2.24) is 9.97 Å². The number of piperazine rings is 1. The van der Waals surface area contributed by atoms with Crippen molar-refractivity contribution in [2.75, 3.05) is 47.8 Å². The molecule has 2 aliphatic heterocycles. The number of benzene rings is 2. The van der Waals surface area contributed by atoms with Crippen LogP contribution in [0.5, 0.6) is 11.8 Å². The number of aliphatic imine (C=N–C) groups is 1. The second-order valence-corrected chi connectivity index (χ2v) is 10.1. The van der Waals surface area contributed by atoms with E-state index in [2.05, 4.69) is 75.3 Å². The summed E-state index contributed by atoms with van der Waals surface area (Å²) < 4.78 is 6.20. The highest BCUT2D eigenvalue weighted by Gasteiger charge is 2.22. The van der Waals surface area contributed by atoms with Crippen LogP contribution in [0.4, 0.5) is 17.3 Å². The van der Waals surface area contributed by atoms with Gasteiger partial charge in [-0.3, -0.25) is 4.99 Å². The molecule has 0 spiro atoms. The van der Waals surface area contributed by atoms with Crippen LogP contribution < -0.4 is 19.9 Å². The number of hydrogen-bond donors (Lipinski definition) is 1. The Bertz CT molecular complexity index is 1420. The van der Waals surface area contributed by atoms with Gasteiger partial charge in [0.2, 0.25) is 0 Å². The molecule has 0 bridgehead atoms. The minimum atomic E-state index is 0.255. The van der Waals surface area contributed by atoms with E-state index in [0.717, 1.165) is 49.8 Å². The molecule has 6 rings (SSSR count). The van der Waals surface area contributed by atoms with Gasteiger partial charge < -0.3 is 19.9 Å². The van der Waals surface area contributed by atoms with Gasteiger partial charge in [-0.1, -0.05) is 47.5 Å². The van der Waals surface area contributed by atoms with Crippen LogP contribution in [0.2, 0.25) is 5.02 Å². The first-order chi connectivity index (χ1) is 18.0. The quantitative estimate of drug-likeness (QED) is 0.453. The van der Waals surface area contributed by atoms with E-state index in [9.17, 15) is 0 Å². The van der Waals surface area contributed by atoms with Crippen LogP contribution in [-0.4, -0.2) is 48.5 Å². The smallest absolute Gasteiger partial charge is 0.325 e. The molecule has 3 aromatic rings. The van der Waals surface area contributed by atoms with Crippen molar-refractivity contribution < 1.29 is 4.74 Å². The average Bonchev–Trinajstić information content (AvgIpc) is 3.51. The highest BCUT2D eigenvalue weighted by molar-refractivity contribution is 6.33. The predicted molar refractivity (Wildman–Crippen MR) is 151 cm³/mol. The molecule has 3 aliphatic rings. The number of allylic oxidation sites excluding steroid dienone is 1. The summed E-state index contributed by atoms with van der Waals surface area (Å²) in [6.07, 6.45) is 5.07. The van der Waals surface area contributed by atoms with Crippen molar-refractivity contribution in [1.29, 1.82) is 0 Å². The third-order valence-electron chi connectivity index (χ3n) is 6.85. The monoisotopic (exact) mass is 512 g/mol. The number of hydrogen-bond acceptors (Lipinski definition) is 7. The third kappa shape index (κ3) is 5.04. The molecule has 37 heavy (non-hydrogen) atoms. The van der Waals surface area contributed by atoms with Gasteiger partial charge in [0.05, 0.1) is 11.6 Å². The normalized spacial score (nSPS) is 16.8. The minimum Gasteiger partial charge on any atom is -0.423 e. The van der Waals surface area contributed by atoms with E-state index in [-0.39, 0.29) is 6.01 Å². The molecule has 8 heteroatoms. The maximum absolute atomic E-state index is 6.74. The Hall–Kier alpha value is -3.84. The van der Waals surface area contributed by atoms with Crippen molar-refractivity contribution in [3.63, 3.8) is 0 Å². The molecule has 1 aliphatic carbocycles. The molecule has 1 aromatic heterocycles. The van der Waals surface area contributed by atoms with Gasteiger partial charge in [-0.05, 0) is 55.7 Å². The zero-order valence-electron chi connectivity index (χ0n) is 21.0. The predicted octanol–water partition coefficient (Wildman–Crippen LogP) is 5.98. The number of nitrogens with zero attached hydrogens (tertiary/aromatic N) is 5. The first kappa shape index (κ1) is 23.6. The number of amidine groups is 1. The lowest BCUT2D eigenvalue weighted by molar-refractivity contribution is 0.442. The second-order valence-electron chi connectivity index (χ2n) is 9.74. The lowest BCUT2D eigenvalue weighted by atomic mass is 10.1. The molecule has 0 saturated carbocycles. The van der Waals surface area contributed by atoms with Gasteiger partial charge in [0.15, 0.2) is 0 Å². The van der Waals surface area contributed by atoms with E-state index < -0.39 is 0 Å². The molecule has 3 heterocycles. The number of rotatable bonds is 5. The fourth-order valence-electron chi connectivity index (χ4n) is 4.96. The average molecular weight is 513 g/mol.